The smallest absolute Gasteiger partial charge is 0.255 e. The van der Waals surface area contributed by atoms with E-state index in [2.05, 4.69) is 20.9 Å². The maximum absolute atomic E-state index is 15.1. The van der Waals surface area contributed by atoms with Crippen LogP contribution in [-0.2, 0) is 14.4 Å². The average molecular weight is 543 g/mol. The Bertz CT molecular complexity index is 1150. The molecule has 3 saturated heterocycles. The van der Waals surface area contributed by atoms with Crippen molar-refractivity contribution >= 4 is 23.4 Å². The number of carbonyl (C=O) groups is 3. The predicted molar refractivity (Wildman–Crippen MR) is 138 cm³/mol. The minimum absolute atomic E-state index is 0.103. The van der Waals surface area contributed by atoms with E-state index in [1.54, 1.807) is 12.4 Å². The average Bonchev–Trinajstić information content (AvgIpc) is 3.72. The van der Waals surface area contributed by atoms with Crippen LogP contribution in [0.5, 0.6) is 0 Å². The SMILES string of the molecule is Cc1cncc(N[C@@H](CC2CC2)C(=O)N2[C@H]3CC[C@@H]([C@H]2C(=O)N[C@@H](C#N)C[C@H]2CCCNC2=O)C(F)(F)C3)c1. The Morgan fingerprint density at radius 1 is 1.23 bits per heavy atom. The number of nitrogens with one attached hydrogen (secondary N) is 3. The van der Waals surface area contributed by atoms with Crippen molar-refractivity contribution in [3.63, 3.8) is 0 Å². The molecule has 4 heterocycles. The van der Waals surface area contributed by atoms with E-state index in [1.165, 1.54) is 4.90 Å². The number of nitrogens with zero attached hydrogens (tertiary/aromatic N) is 3. The van der Waals surface area contributed by atoms with Gasteiger partial charge in [0.05, 0.1) is 17.7 Å². The van der Waals surface area contributed by atoms with Crippen LogP contribution >= 0.6 is 0 Å². The molecule has 2 bridgehead atoms. The molecule has 6 rings (SSSR count). The predicted octanol–water partition coefficient (Wildman–Crippen LogP) is 2.91. The highest BCUT2D eigenvalue weighted by Crippen LogP contribution is 2.49. The number of pyridine rings is 1. The van der Waals surface area contributed by atoms with Crippen molar-refractivity contribution in [2.45, 2.75) is 94.8 Å². The Balaban J connectivity index is 1.38. The fraction of sp³-hybridized carbons (Fsp3) is 0.679. The number of alkyl halides is 2. The molecule has 6 atom stereocenters. The summed E-state index contributed by atoms with van der Waals surface area (Å²) in [5.74, 6) is -5.77. The third kappa shape index (κ3) is 5.99. The van der Waals surface area contributed by atoms with Crippen molar-refractivity contribution in [1.29, 1.82) is 5.26 Å². The van der Waals surface area contributed by atoms with E-state index in [0.29, 0.717) is 37.4 Å². The fourth-order valence-corrected chi connectivity index (χ4v) is 6.49. The van der Waals surface area contributed by atoms with Crippen molar-refractivity contribution in [3.05, 3.63) is 24.0 Å². The van der Waals surface area contributed by atoms with Gasteiger partial charge in [-0.2, -0.15) is 5.26 Å². The van der Waals surface area contributed by atoms with Gasteiger partial charge in [-0.1, -0.05) is 12.8 Å². The molecule has 5 aliphatic rings. The summed E-state index contributed by atoms with van der Waals surface area (Å²) < 4.78 is 30.3. The molecular weight excluding hydrogens is 506 g/mol. The number of amides is 3. The molecule has 2 saturated carbocycles. The molecule has 1 aromatic rings. The minimum Gasteiger partial charge on any atom is -0.372 e. The molecule has 9 nitrogen and oxygen atoms in total. The number of aromatic nitrogens is 1. The van der Waals surface area contributed by atoms with Gasteiger partial charge in [0.15, 0.2) is 0 Å². The number of hydrogen-bond acceptors (Lipinski definition) is 6. The lowest BCUT2D eigenvalue weighted by molar-refractivity contribution is -0.194. The number of fused-ring (bicyclic) bond motifs is 3. The molecule has 1 aromatic heterocycles. The molecular formula is C28H36F2N6O3. The molecule has 5 fully saturated rings. The zero-order chi connectivity index (χ0) is 27.7. The Kier molecular flexibility index (Phi) is 7.74. The number of hydrogen-bond donors (Lipinski definition) is 3. The number of halogens is 2. The third-order valence-electron chi connectivity index (χ3n) is 8.63. The summed E-state index contributed by atoms with van der Waals surface area (Å²) in [5, 5.41) is 18.4. The van der Waals surface area contributed by atoms with Crippen LogP contribution in [0.4, 0.5) is 14.5 Å². The Labute approximate surface area is 227 Å². The third-order valence-corrected chi connectivity index (χ3v) is 8.63. The molecule has 210 valence electrons. The van der Waals surface area contributed by atoms with Gasteiger partial charge >= 0.3 is 0 Å². The first kappa shape index (κ1) is 27.3. The van der Waals surface area contributed by atoms with Crippen molar-refractivity contribution in [2.24, 2.45) is 17.8 Å². The molecule has 11 heteroatoms. The topological polar surface area (TPSA) is 127 Å². The summed E-state index contributed by atoms with van der Waals surface area (Å²) in [5.41, 5.74) is 1.58. The second-order valence-electron chi connectivity index (χ2n) is 11.7. The zero-order valence-electron chi connectivity index (χ0n) is 22.2. The van der Waals surface area contributed by atoms with Gasteiger partial charge in [0.1, 0.15) is 18.1 Å². The standard InChI is InChI=1S/C28H36F2N6O3/c1-16-9-20(15-32-14-16)34-23(10-17-4-5-17)27(39)36-21-6-7-22(28(29,30)12-21)24(36)26(38)35-19(13-31)11-18-3-2-8-33-25(18)37/h9,14-15,17-19,21-24,34H,2-8,10-12H2,1H3,(H,33,37)(H,35,38)/t18-,19-,21+,22+,23+,24+/m1/s1. The van der Waals surface area contributed by atoms with Crippen LogP contribution in [0.2, 0.25) is 0 Å². The maximum atomic E-state index is 15.1. The normalized spacial score (nSPS) is 29.1. The lowest BCUT2D eigenvalue weighted by atomic mass is 9.71. The lowest BCUT2D eigenvalue weighted by Gasteiger charge is -2.54. The van der Waals surface area contributed by atoms with Gasteiger partial charge in [0, 0.05) is 37.3 Å². The van der Waals surface area contributed by atoms with Crippen molar-refractivity contribution in [3.8, 4) is 6.07 Å². The van der Waals surface area contributed by atoms with E-state index in [0.717, 1.165) is 24.8 Å². The minimum atomic E-state index is -3.09. The molecule has 0 spiro atoms. The van der Waals surface area contributed by atoms with Gasteiger partial charge < -0.3 is 20.9 Å². The number of piperidine rings is 3. The molecule has 3 amide bonds. The number of carbonyl (C=O) groups excluding carboxylic acids is 3. The van der Waals surface area contributed by atoms with E-state index < -0.39 is 54.3 Å². The van der Waals surface area contributed by atoms with Gasteiger partial charge in [-0.15, -0.1) is 0 Å². The largest absolute Gasteiger partial charge is 0.372 e. The van der Waals surface area contributed by atoms with E-state index in [1.807, 2.05) is 19.1 Å². The van der Waals surface area contributed by atoms with E-state index in [-0.39, 0.29) is 24.7 Å². The quantitative estimate of drug-likeness (QED) is 0.440. The van der Waals surface area contributed by atoms with Crippen molar-refractivity contribution < 1.29 is 23.2 Å². The fourth-order valence-electron chi connectivity index (χ4n) is 6.49. The molecule has 0 aromatic carbocycles. The van der Waals surface area contributed by atoms with Gasteiger partial charge in [-0.3, -0.25) is 19.4 Å². The van der Waals surface area contributed by atoms with Gasteiger partial charge in [0.25, 0.3) is 5.92 Å². The van der Waals surface area contributed by atoms with Crippen molar-refractivity contribution in [2.75, 3.05) is 11.9 Å². The number of nitriles is 1. The molecule has 3 aliphatic heterocycles. The number of anilines is 1. The molecule has 0 unspecified atom stereocenters. The summed E-state index contributed by atoms with van der Waals surface area (Å²) in [7, 11) is 0. The van der Waals surface area contributed by atoms with Crippen LogP contribution in [0.15, 0.2) is 18.5 Å². The Hall–Kier alpha value is -3.29. The van der Waals surface area contributed by atoms with E-state index in [9.17, 15) is 19.6 Å². The number of rotatable bonds is 9. The highest BCUT2D eigenvalue weighted by Gasteiger charge is 2.61. The first-order valence-electron chi connectivity index (χ1n) is 14.0. The first-order chi connectivity index (χ1) is 18.7. The summed E-state index contributed by atoms with van der Waals surface area (Å²) in [6.45, 7) is 2.47. The summed E-state index contributed by atoms with van der Waals surface area (Å²) in [6.07, 6.45) is 7.42. The highest BCUT2D eigenvalue weighted by molar-refractivity contribution is 5.92. The Morgan fingerprint density at radius 3 is 2.69 bits per heavy atom. The van der Waals surface area contributed by atoms with Crippen molar-refractivity contribution in [1.82, 2.24) is 20.5 Å². The first-order valence-corrected chi connectivity index (χ1v) is 14.0. The lowest BCUT2D eigenvalue weighted by Crippen LogP contribution is -2.70. The van der Waals surface area contributed by atoms with Crippen LogP contribution in [0.25, 0.3) is 0 Å². The molecule has 2 aliphatic carbocycles. The van der Waals surface area contributed by atoms with E-state index in [4.69, 9.17) is 0 Å². The van der Waals surface area contributed by atoms with E-state index >= 15 is 8.78 Å². The van der Waals surface area contributed by atoms with Crippen LogP contribution in [0.3, 0.4) is 0 Å². The van der Waals surface area contributed by atoms with Gasteiger partial charge in [-0.25, -0.2) is 8.78 Å². The monoisotopic (exact) mass is 542 g/mol. The molecule has 0 radical (unpaired) electrons. The summed E-state index contributed by atoms with van der Waals surface area (Å²) in [6, 6.07) is 0.0543. The van der Waals surface area contributed by atoms with Crippen LogP contribution in [0.1, 0.15) is 63.4 Å². The van der Waals surface area contributed by atoms with Gasteiger partial charge in [0.2, 0.25) is 17.7 Å². The molecule has 39 heavy (non-hydrogen) atoms. The Morgan fingerprint density at radius 2 is 2.03 bits per heavy atom. The second-order valence-corrected chi connectivity index (χ2v) is 11.7. The van der Waals surface area contributed by atoms with Crippen LogP contribution in [-0.4, -0.2) is 64.2 Å². The summed E-state index contributed by atoms with van der Waals surface area (Å²) >= 11 is 0. The van der Waals surface area contributed by atoms with Gasteiger partial charge in [-0.05, 0) is 63.0 Å². The number of aryl methyl sites for hydroxylation is 1. The molecule has 3 N–H and O–H groups in total. The maximum Gasteiger partial charge on any atom is 0.255 e. The zero-order valence-corrected chi connectivity index (χ0v) is 22.2. The summed E-state index contributed by atoms with van der Waals surface area (Å²) in [4.78, 5) is 45.5. The van der Waals surface area contributed by atoms with Crippen LogP contribution < -0.4 is 16.0 Å². The second kappa shape index (κ2) is 11.1. The van der Waals surface area contributed by atoms with Crippen LogP contribution in [0, 0.1) is 36.0 Å². The highest BCUT2D eigenvalue weighted by atomic mass is 19.3.